The van der Waals surface area contributed by atoms with Crippen molar-refractivity contribution in [3.05, 3.63) is 30.3 Å². The molecule has 25 heavy (non-hydrogen) atoms. The summed E-state index contributed by atoms with van der Waals surface area (Å²) in [5.74, 6) is -0.265. The van der Waals surface area contributed by atoms with Crippen molar-refractivity contribution in [3.63, 3.8) is 0 Å². The molecule has 2 aliphatic rings. The second-order valence-corrected chi connectivity index (χ2v) is 6.75. The number of benzene rings is 1. The molecule has 6 heteroatoms. The summed E-state index contributed by atoms with van der Waals surface area (Å²) in [6.45, 7) is 1.07. The second-order valence-electron chi connectivity index (χ2n) is 6.75. The van der Waals surface area contributed by atoms with Gasteiger partial charge in [0.2, 0.25) is 17.7 Å². The summed E-state index contributed by atoms with van der Waals surface area (Å²) in [6, 6.07) is 9.75. The van der Waals surface area contributed by atoms with Crippen molar-refractivity contribution >= 4 is 23.4 Å². The van der Waals surface area contributed by atoms with E-state index < -0.39 is 0 Å². The van der Waals surface area contributed by atoms with Gasteiger partial charge in [0, 0.05) is 37.7 Å². The summed E-state index contributed by atoms with van der Waals surface area (Å²) in [7, 11) is 0. The molecule has 0 unspecified atom stereocenters. The quantitative estimate of drug-likeness (QED) is 0.885. The number of amides is 3. The van der Waals surface area contributed by atoms with E-state index in [4.69, 9.17) is 0 Å². The van der Waals surface area contributed by atoms with E-state index in [-0.39, 0.29) is 43.1 Å². The molecule has 1 aliphatic carbocycles. The number of anilines is 1. The normalized spacial score (nSPS) is 18.5. The Morgan fingerprint density at radius 2 is 1.76 bits per heavy atom. The minimum atomic E-state index is -0.123. The highest BCUT2D eigenvalue weighted by Gasteiger charge is 2.28. The Hall–Kier alpha value is -2.37. The van der Waals surface area contributed by atoms with Gasteiger partial charge < -0.3 is 15.1 Å². The van der Waals surface area contributed by atoms with Crippen LogP contribution in [0.5, 0.6) is 0 Å². The van der Waals surface area contributed by atoms with Gasteiger partial charge in [0.1, 0.15) is 6.54 Å². The number of hydrogen-bond acceptors (Lipinski definition) is 3. The third kappa shape index (κ3) is 4.59. The highest BCUT2D eigenvalue weighted by atomic mass is 16.2. The lowest BCUT2D eigenvalue weighted by molar-refractivity contribution is -0.138. The topological polar surface area (TPSA) is 69.7 Å². The van der Waals surface area contributed by atoms with E-state index in [0.29, 0.717) is 13.1 Å². The van der Waals surface area contributed by atoms with Crippen LogP contribution in [0.15, 0.2) is 30.3 Å². The molecule has 1 aromatic rings. The Labute approximate surface area is 148 Å². The summed E-state index contributed by atoms with van der Waals surface area (Å²) >= 11 is 0. The van der Waals surface area contributed by atoms with Crippen LogP contribution in [0.1, 0.15) is 38.5 Å². The molecule has 0 bridgehead atoms. The SMILES string of the molecule is O=C(CCC(=O)N1CCN(c2ccccc2)C(=O)C1)NC1CCCC1. The molecule has 1 aliphatic heterocycles. The van der Waals surface area contributed by atoms with Gasteiger partial charge in [-0.3, -0.25) is 14.4 Å². The molecule has 1 saturated heterocycles. The van der Waals surface area contributed by atoms with Crippen LogP contribution in [0, 0.1) is 0 Å². The van der Waals surface area contributed by atoms with Crippen molar-refractivity contribution < 1.29 is 14.4 Å². The number of rotatable bonds is 5. The van der Waals surface area contributed by atoms with Gasteiger partial charge >= 0.3 is 0 Å². The van der Waals surface area contributed by atoms with Gasteiger partial charge in [-0.1, -0.05) is 31.0 Å². The molecule has 1 aromatic carbocycles. The number of hydrogen-bond donors (Lipinski definition) is 1. The predicted molar refractivity (Wildman–Crippen MR) is 95.0 cm³/mol. The molecular formula is C19H25N3O3. The Bertz CT molecular complexity index is 626. The average molecular weight is 343 g/mol. The van der Waals surface area contributed by atoms with Crippen molar-refractivity contribution in [1.29, 1.82) is 0 Å². The molecule has 0 atom stereocenters. The van der Waals surface area contributed by atoms with E-state index in [9.17, 15) is 14.4 Å². The summed E-state index contributed by atoms with van der Waals surface area (Å²) < 4.78 is 0. The molecule has 2 fully saturated rings. The summed E-state index contributed by atoms with van der Waals surface area (Å²) in [6.07, 6.45) is 4.76. The maximum Gasteiger partial charge on any atom is 0.246 e. The van der Waals surface area contributed by atoms with Crippen molar-refractivity contribution in [2.24, 2.45) is 0 Å². The fourth-order valence-corrected chi connectivity index (χ4v) is 3.52. The molecular weight excluding hydrogens is 318 g/mol. The van der Waals surface area contributed by atoms with Crippen LogP contribution in [0.4, 0.5) is 5.69 Å². The molecule has 6 nitrogen and oxygen atoms in total. The van der Waals surface area contributed by atoms with Crippen molar-refractivity contribution in [1.82, 2.24) is 10.2 Å². The van der Waals surface area contributed by atoms with Crippen molar-refractivity contribution in [3.8, 4) is 0 Å². The maximum absolute atomic E-state index is 12.3. The molecule has 1 heterocycles. The first-order valence-corrected chi connectivity index (χ1v) is 9.06. The van der Waals surface area contributed by atoms with E-state index in [1.54, 1.807) is 9.80 Å². The van der Waals surface area contributed by atoms with E-state index in [1.807, 2.05) is 30.3 Å². The van der Waals surface area contributed by atoms with Gasteiger partial charge in [-0.15, -0.1) is 0 Å². The Morgan fingerprint density at radius 1 is 1.04 bits per heavy atom. The Morgan fingerprint density at radius 3 is 2.44 bits per heavy atom. The van der Waals surface area contributed by atoms with Gasteiger partial charge in [0.25, 0.3) is 0 Å². The van der Waals surface area contributed by atoms with Crippen LogP contribution in [-0.4, -0.2) is 48.3 Å². The lowest BCUT2D eigenvalue weighted by Crippen LogP contribution is -2.52. The Kier molecular flexibility index (Phi) is 5.68. The van der Waals surface area contributed by atoms with Crippen molar-refractivity contribution in [2.45, 2.75) is 44.6 Å². The van der Waals surface area contributed by atoms with Crippen LogP contribution in [0.3, 0.4) is 0 Å². The second kappa shape index (κ2) is 8.14. The largest absolute Gasteiger partial charge is 0.353 e. The summed E-state index contributed by atoms with van der Waals surface area (Å²) in [4.78, 5) is 39.8. The number of nitrogens with one attached hydrogen (secondary N) is 1. The molecule has 1 saturated carbocycles. The fraction of sp³-hybridized carbons (Fsp3) is 0.526. The van der Waals surface area contributed by atoms with Crippen LogP contribution in [0.2, 0.25) is 0 Å². The van der Waals surface area contributed by atoms with Gasteiger partial charge in [-0.2, -0.15) is 0 Å². The third-order valence-corrected chi connectivity index (χ3v) is 4.93. The number of carbonyl (C=O) groups excluding carboxylic acids is 3. The van der Waals surface area contributed by atoms with E-state index in [1.165, 1.54) is 0 Å². The minimum absolute atomic E-state index is 0.0606. The third-order valence-electron chi connectivity index (χ3n) is 4.93. The molecule has 0 aromatic heterocycles. The number of piperazine rings is 1. The van der Waals surface area contributed by atoms with Crippen LogP contribution < -0.4 is 10.2 Å². The minimum Gasteiger partial charge on any atom is -0.353 e. The van der Waals surface area contributed by atoms with Crippen LogP contribution in [-0.2, 0) is 14.4 Å². The number of para-hydroxylation sites is 1. The lowest BCUT2D eigenvalue weighted by Gasteiger charge is -2.34. The van der Waals surface area contributed by atoms with Gasteiger partial charge in [-0.25, -0.2) is 0 Å². The highest BCUT2D eigenvalue weighted by Crippen LogP contribution is 2.18. The zero-order valence-electron chi connectivity index (χ0n) is 14.4. The first-order chi connectivity index (χ1) is 12.1. The molecule has 3 amide bonds. The summed E-state index contributed by atoms with van der Waals surface area (Å²) in [5, 5.41) is 2.99. The molecule has 3 rings (SSSR count). The molecule has 1 N–H and O–H groups in total. The van der Waals surface area contributed by atoms with Gasteiger partial charge in [-0.05, 0) is 25.0 Å². The maximum atomic E-state index is 12.3. The molecule has 134 valence electrons. The average Bonchev–Trinajstić information content (AvgIpc) is 3.13. The van der Waals surface area contributed by atoms with Crippen molar-refractivity contribution in [2.75, 3.05) is 24.5 Å². The fourth-order valence-electron chi connectivity index (χ4n) is 3.52. The van der Waals surface area contributed by atoms with E-state index in [2.05, 4.69) is 5.32 Å². The van der Waals surface area contributed by atoms with Gasteiger partial charge in [0.05, 0.1) is 0 Å². The number of carbonyl (C=O) groups is 3. The Balaban J connectivity index is 1.44. The number of nitrogens with zero attached hydrogens (tertiary/aromatic N) is 2. The zero-order valence-corrected chi connectivity index (χ0v) is 14.4. The standard InChI is InChI=1S/C19H25N3O3/c23-17(20-15-6-4-5-7-15)10-11-18(24)21-12-13-22(19(25)14-21)16-8-2-1-3-9-16/h1-3,8-9,15H,4-7,10-14H2,(H,20,23). The van der Waals surface area contributed by atoms with E-state index >= 15 is 0 Å². The van der Waals surface area contributed by atoms with E-state index in [0.717, 1.165) is 31.4 Å². The van der Waals surface area contributed by atoms with Gasteiger partial charge in [0.15, 0.2) is 0 Å². The molecule has 0 radical (unpaired) electrons. The lowest BCUT2D eigenvalue weighted by atomic mass is 10.2. The van der Waals surface area contributed by atoms with Crippen LogP contribution in [0.25, 0.3) is 0 Å². The summed E-state index contributed by atoms with van der Waals surface area (Å²) in [5.41, 5.74) is 0.857. The monoisotopic (exact) mass is 343 g/mol. The highest BCUT2D eigenvalue weighted by molar-refractivity contribution is 5.98. The first-order valence-electron chi connectivity index (χ1n) is 9.06. The first kappa shape index (κ1) is 17.5. The van der Waals surface area contributed by atoms with Crippen LogP contribution >= 0.6 is 0 Å². The predicted octanol–water partition coefficient (Wildman–Crippen LogP) is 1.70. The zero-order chi connectivity index (χ0) is 17.6. The molecule has 0 spiro atoms. The smallest absolute Gasteiger partial charge is 0.246 e.